The summed E-state index contributed by atoms with van der Waals surface area (Å²) >= 11 is 1.34. The van der Waals surface area contributed by atoms with Crippen LogP contribution in [0.2, 0.25) is 0 Å². The van der Waals surface area contributed by atoms with E-state index in [0.717, 1.165) is 22.3 Å². The lowest BCUT2D eigenvalue weighted by molar-refractivity contribution is -0.144. The summed E-state index contributed by atoms with van der Waals surface area (Å²) in [4.78, 5) is 29.8. The number of carbonyl (C=O) groups is 2. The zero-order valence-electron chi connectivity index (χ0n) is 18.5. The van der Waals surface area contributed by atoms with Gasteiger partial charge in [-0.25, -0.2) is 9.78 Å². The molecule has 4 rings (SSSR count). The van der Waals surface area contributed by atoms with Gasteiger partial charge < -0.3 is 10.1 Å². The highest BCUT2D eigenvalue weighted by atomic mass is 32.2. The van der Waals surface area contributed by atoms with Crippen LogP contribution >= 0.6 is 11.8 Å². The summed E-state index contributed by atoms with van der Waals surface area (Å²) < 4.78 is 6.95. The molecule has 6 nitrogen and oxygen atoms in total. The fourth-order valence-electron chi connectivity index (χ4n) is 3.60. The SMILES string of the molecule is COC(=O)[C@@H](Cc1ccccc1)NC(=O)CSc1nc2ccccc2n1-c1ccc(C)cc1. The normalized spacial score (nSPS) is 11.8. The second-order valence-electron chi connectivity index (χ2n) is 7.68. The molecule has 0 fully saturated rings. The number of para-hydroxylation sites is 2. The van der Waals surface area contributed by atoms with Crippen molar-refractivity contribution < 1.29 is 14.3 Å². The first-order chi connectivity index (χ1) is 16.0. The number of nitrogens with zero attached hydrogens (tertiary/aromatic N) is 2. The third-order valence-corrected chi connectivity index (χ3v) is 6.20. The molecule has 0 saturated heterocycles. The van der Waals surface area contributed by atoms with Crippen LogP contribution in [0.3, 0.4) is 0 Å². The van der Waals surface area contributed by atoms with Crippen molar-refractivity contribution in [1.82, 2.24) is 14.9 Å². The van der Waals surface area contributed by atoms with Crippen LogP contribution in [0.15, 0.2) is 84.0 Å². The maximum atomic E-state index is 12.8. The Morgan fingerprint density at radius 2 is 1.70 bits per heavy atom. The number of amides is 1. The number of fused-ring (bicyclic) bond motifs is 1. The monoisotopic (exact) mass is 459 g/mol. The quantitative estimate of drug-likeness (QED) is 0.314. The second kappa shape index (κ2) is 10.4. The molecule has 1 atom stereocenters. The lowest BCUT2D eigenvalue weighted by Crippen LogP contribution is -2.43. The third kappa shape index (κ3) is 5.43. The molecule has 33 heavy (non-hydrogen) atoms. The van der Waals surface area contributed by atoms with E-state index >= 15 is 0 Å². The molecule has 1 N–H and O–H groups in total. The molecule has 0 aliphatic rings. The average molecular weight is 460 g/mol. The fourth-order valence-corrected chi connectivity index (χ4v) is 4.43. The highest BCUT2D eigenvalue weighted by Gasteiger charge is 2.22. The Morgan fingerprint density at radius 1 is 1.00 bits per heavy atom. The van der Waals surface area contributed by atoms with Gasteiger partial charge in [-0.3, -0.25) is 9.36 Å². The van der Waals surface area contributed by atoms with E-state index in [1.807, 2.05) is 73.7 Å². The minimum atomic E-state index is -0.749. The number of imidazole rings is 1. The van der Waals surface area contributed by atoms with Crippen LogP contribution in [-0.4, -0.2) is 40.3 Å². The molecule has 0 saturated carbocycles. The molecule has 1 amide bonds. The number of methoxy groups -OCH3 is 1. The summed E-state index contributed by atoms with van der Waals surface area (Å²) in [5.41, 5.74) is 4.93. The highest BCUT2D eigenvalue weighted by Crippen LogP contribution is 2.28. The smallest absolute Gasteiger partial charge is 0.328 e. The van der Waals surface area contributed by atoms with Crippen LogP contribution in [0.25, 0.3) is 16.7 Å². The first-order valence-electron chi connectivity index (χ1n) is 10.6. The average Bonchev–Trinajstić information content (AvgIpc) is 3.21. The van der Waals surface area contributed by atoms with Crippen molar-refractivity contribution in [3.63, 3.8) is 0 Å². The van der Waals surface area contributed by atoms with Crippen molar-refractivity contribution >= 4 is 34.7 Å². The van der Waals surface area contributed by atoms with E-state index in [4.69, 9.17) is 9.72 Å². The molecule has 0 radical (unpaired) electrons. The van der Waals surface area contributed by atoms with E-state index in [0.29, 0.717) is 11.6 Å². The summed E-state index contributed by atoms with van der Waals surface area (Å²) in [6.45, 7) is 2.04. The van der Waals surface area contributed by atoms with Gasteiger partial charge in [0.15, 0.2) is 5.16 Å². The zero-order valence-corrected chi connectivity index (χ0v) is 19.3. The van der Waals surface area contributed by atoms with Gasteiger partial charge in [-0.2, -0.15) is 0 Å². The van der Waals surface area contributed by atoms with Gasteiger partial charge in [0.25, 0.3) is 0 Å². The van der Waals surface area contributed by atoms with Crippen LogP contribution < -0.4 is 5.32 Å². The topological polar surface area (TPSA) is 73.2 Å². The lowest BCUT2D eigenvalue weighted by atomic mass is 10.1. The molecule has 0 aliphatic carbocycles. The second-order valence-corrected chi connectivity index (χ2v) is 8.62. The standard InChI is InChI=1S/C26H25N3O3S/c1-18-12-14-20(15-13-18)29-23-11-7-6-10-21(23)28-26(29)33-17-24(30)27-22(25(31)32-2)16-19-8-4-3-5-9-19/h3-15,22H,16-17H2,1-2H3,(H,27,30)/t22-/m1/s1. The van der Waals surface area contributed by atoms with Gasteiger partial charge in [-0.05, 0) is 36.8 Å². The van der Waals surface area contributed by atoms with Crippen molar-refractivity contribution in [2.24, 2.45) is 0 Å². The largest absolute Gasteiger partial charge is 0.467 e. The number of ether oxygens (including phenoxy) is 1. The summed E-state index contributed by atoms with van der Waals surface area (Å²) in [7, 11) is 1.32. The maximum Gasteiger partial charge on any atom is 0.328 e. The van der Waals surface area contributed by atoms with Gasteiger partial charge in [0.1, 0.15) is 6.04 Å². The molecule has 168 valence electrons. The van der Waals surface area contributed by atoms with Gasteiger partial charge in [-0.15, -0.1) is 0 Å². The van der Waals surface area contributed by atoms with Crippen molar-refractivity contribution in [3.8, 4) is 5.69 Å². The van der Waals surface area contributed by atoms with E-state index in [-0.39, 0.29) is 11.7 Å². The van der Waals surface area contributed by atoms with E-state index < -0.39 is 12.0 Å². The Bertz CT molecular complexity index is 1250. The molecule has 0 aliphatic heterocycles. The molecular formula is C26H25N3O3S. The number of rotatable bonds is 8. The van der Waals surface area contributed by atoms with Crippen LogP contribution in [0.5, 0.6) is 0 Å². The molecule has 0 unspecified atom stereocenters. The van der Waals surface area contributed by atoms with Crippen LogP contribution in [0.4, 0.5) is 0 Å². The van der Waals surface area contributed by atoms with Crippen molar-refractivity contribution in [2.75, 3.05) is 12.9 Å². The van der Waals surface area contributed by atoms with Crippen LogP contribution in [0.1, 0.15) is 11.1 Å². The van der Waals surface area contributed by atoms with Crippen molar-refractivity contribution in [3.05, 3.63) is 90.0 Å². The minimum absolute atomic E-state index is 0.122. The molecule has 0 spiro atoms. The zero-order chi connectivity index (χ0) is 23.2. The number of hydrogen-bond acceptors (Lipinski definition) is 5. The predicted octanol–water partition coefficient (Wildman–Crippen LogP) is 4.33. The van der Waals surface area contributed by atoms with Crippen LogP contribution in [0, 0.1) is 6.92 Å². The maximum absolute atomic E-state index is 12.8. The Balaban J connectivity index is 1.51. The molecule has 7 heteroatoms. The Kier molecular flexibility index (Phi) is 7.10. The highest BCUT2D eigenvalue weighted by molar-refractivity contribution is 7.99. The summed E-state index contributed by atoms with van der Waals surface area (Å²) in [5, 5.41) is 3.53. The van der Waals surface area contributed by atoms with E-state index in [9.17, 15) is 9.59 Å². The number of aryl methyl sites for hydroxylation is 1. The molecule has 1 heterocycles. The summed E-state index contributed by atoms with van der Waals surface area (Å²) in [6.07, 6.45) is 0.367. The first kappa shape index (κ1) is 22.6. The number of thioether (sulfide) groups is 1. The predicted molar refractivity (Wildman–Crippen MR) is 131 cm³/mol. The summed E-state index contributed by atoms with van der Waals surface area (Å²) in [6, 6.07) is 24.9. The lowest BCUT2D eigenvalue weighted by Gasteiger charge is -2.16. The van der Waals surface area contributed by atoms with Gasteiger partial charge in [-0.1, -0.05) is 71.9 Å². The van der Waals surface area contributed by atoms with E-state index in [2.05, 4.69) is 22.0 Å². The number of nitrogens with one attached hydrogen (secondary N) is 1. The minimum Gasteiger partial charge on any atom is -0.467 e. The number of benzene rings is 3. The van der Waals surface area contributed by atoms with Crippen molar-refractivity contribution in [2.45, 2.75) is 24.5 Å². The molecule has 4 aromatic rings. The van der Waals surface area contributed by atoms with Gasteiger partial charge >= 0.3 is 5.97 Å². The van der Waals surface area contributed by atoms with Gasteiger partial charge in [0.05, 0.1) is 23.9 Å². The third-order valence-electron chi connectivity index (χ3n) is 5.26. The first-order valence-corrected chi connectivity index (χ1v) is 11.6. The molecular weight excluding hydrogens is 434 g/mol. The van der Waals surface area contributed by atoms with E-state index in [1.54, 1.807) is 0 Å². The number of aromatic nitrogens is 2. The Hall–Kier alpha value is -3.58. The molecule has 3 aromatic carbocycles. The number of hydrogen-bond donors (Lipinski definition) is 1. The summed E-state index contributed by atoms with van der Waals surface area (Å²) in [5.74, 6) is -0.602. The van der Waals surface area contributed by atoms with Crippen LogP contribution in [-0.2, 0) is 20.7 Å². The van der Waals surface area contributed by atoms with E-state index in [1.165, 1.54) is 24.4 Å². The number of esters is 1. The molecule has 1 aromatic heterocycles. The van der Waals surface area contributed by atoms with Gasteiger partial charge in [0.2, 0.25) is 5.91 Å². The van der Waals surface area contributed by atoms with Crippen molar-refractivity contribution in [1.29, 1.82) is 0 Å². The number of carbonyl (C=O) groups excluding carboxylic acids is 2. The van der Waals surface area contributed by atoms with Gasteiger partial charge in [0, 0.05) is 12.1 Å². The Labute approximate surface area is 197 Å². The molecule has 0 bridgehead atoms. The Morgan fingerprint density at radius 3 is 2.42 bits per heavy atom. The fraction of sp³-hybridized carbons (Fsp3) is 0.192.